The lowest BCUT2D eigenvalue weighted by Crippen LogP contribution is -2.03. The van der Waals surface area contributed by atoms with Crippen LogP contribution in [0.25, 0.3) is 43.1 Å². The van der Waals surface area contributed by atoms with Crippen LogP contribution in [0.4, 0.5) is 0 Å². The average Bonchev–Trinajstić information content (AvgIpc) is 3.19. The Morgan fingerprint density at radius 1 is 0.389 bits per heavy atom. The number of carbonyl (C=O) groups is 2. The highest BCUT2D eigenvalue weighted by molar-refractivity contribution is 6.27. The molecule has 0 saturated heterocycles. The summed E-state index contributed by atoms with van der Waals surface area (Å²) in [5, 5.41) is 7.74. The second kappa shape index (κ2) is 21.5. The van der Waals surface area contributed by atoms with E-state index in [1.807, 2.05) is 24.3 Å². The van der Waals surface area contributed by atoms with Crippen molar-refractivity contribution in [3.05, 3.63) is 59.7 Å². The van der Waals surface area contributed by atoms with Crippen molar-refractivity contribution in [3.63, 3.8) is 0 Å². The van der Waals surface area contributed by atoms with Crippen LogP contribution in [0.1, 0.15) is 151 Å². The van der Waals surface area contributed by atoms with Gasteiger partial charge in [0, 0.05) is 10.8 Å². The molecule has 0 N–H and O–H groups in total. The molecule has 0 aliphatic carbocycles. The number of benzene rings is 5. The maximum absolute atomic E-state index is 12.6. The van der Waals surface area contributed by atoms with Crippen LogP contribution >= 0.6 is 0 Å². The Balaban J connectivity index is 1.70. The van der Waals surface area contributed by atoms with Gasteiger partial charge in [-0.2, -0.15) is 0 Å². The smallest absolute Gasteiger partial charge is 0.153 e. The highest BCUT2D eigenvalue weighted by atomic mass is 16.5. The Labute approximate surface area is 322 Å². The van der Waals surface area contributed by atoms with E-state index in [0.717, 1.165) is 144 Å². The van der Waals surface area contributed by atoms with Crippen LogP contribution in [0.3, 0.4) is 0 Å². The summed E-state index contributed by atoms with van der Waals surface area (Å²) in [5.74, 6) is 2.73. The lowest BCUT2D eigenvalue weighted by molar-refractivity contribution is 0.111. The summed E-state index contributed by atoms with van der Waals surface area (Å²) in [4.78, 5) is 25.2. The Kier molecular flexibility index (Phi) is 16.3. The molecule has 290 valence electrons. The Morgan fingerprint density at radius 3 is 1.24 bits per heavy atom. The van der Waals surface area contributed by atoms with Gasteiger partial charge < -0.3 is 18.9 Å². The number of hydrogen-bond acceptors (Lipinski definition) is 6. The summed E-state index contributed by atoms with van der Waals surface area (Å²) < 4.78 is 25.7. The third-order valence-corrected chi connectivity index (χ3v) is 10.5. The van der Waals surface area contributed by atoms with Crippen molar-refractivity contribution in [1.82, 2.24) is 0 Å². The number of fused-ring (bicyclic) bond motifs is 7. The third-order valence-electron chi connectivity index (χ3n) is 10.5. The molecule has 0 aliphatic heterocycles. The lowest BCUT2D eigenvalue weighted by Gasteiger charge is -2.19. The van der Waals surface area contributed by atoms with Crippen LogP contribution < -0.4 is 18.9 Å². The molecule has 5 rings (SSSR count). The summed E-state index contributed by atoms with van der Waals surface area (Å²) in [5.41, 5.74) is 1.05. The summed E-state index contributed by atoms with van der Waals surface area (Å²) in [6, 6.07) is 16.5. The van der Waals surface area contributed by atoms with Crippen molar-refractivity contribution in [2.75, 3.05) is 26.4 Å². The molecular formula is C48H62O6. The van der Waals surface area contributed by atoms with Gasteiger partial charge in [0.05, 0.1) is 37.6 Å². The van der Waals surface area contributed by atoms with Crippen molar-refractivity contribution in [2.45, 2.75) is 130 Å². The fraction of sp³-hybridized carbons (Fsp3) is 0.500. The number of unbranched alkanes of at least 4 members (excludes halogenated alkanes) is 12. The third kappa shape index (κ3) is 10.2. The zero-order valence-corrected chi connectivity index (χ0v) is 33.4. The van der Waals surface area contributed by atoms with Crippen LogP contribution in [0, 0.1) is 0 Å². The van der Waals surface area contributed by atoms with Gasteiger partial charge in [-0.1, -0.05) is 117 Å². The fourth-order valence-electron chi connectivity index (χ4n) is 7.42. The maximum Gasteiger partial charge on any atom is 0.153 e. The molecule has 0 amide bonds. The predicted octanol–water partition coefficient (Wildman–Crippen LogP) is 13.8. The van der Waals surface area contributed by atoms with Crippen molar-refractivity contribution < 1.29 is 28.5 Å². The summed E-state index contributed by atoms with van der Waals surface area (Å²) in [6.45, 7) is 11.2. The first-order chi connectivity index (χ1) is 26.6. The van der Waals surface area contributed by atoms with E-state index in [9.17, 15) is 9.59 Å². The van der Waals surface area contributed by atoms with E-state index in [4.69, 9.17) is 18.9 Å². The molecule has 54 heavy (non-hydrogen) atoms. The monoisotopic (exact) mass is 734 g/mol. The van der Waals surface area contributed by atoms with E-state index < -0.39 is 0 Å². The zero-order valence-electron chi connectivity index (χ0n) is 33.4. The van der Waals surface area contributed by atoms with Crippen LogP contribution in [-0.2, 0) is 0 Å². The molecule has 6 heteroatoms. The average molecular weight is 735 g/mol. The van der Waals surface area contributed by atoms with Gasteiger partial charge in [-0.3, -0.25) is 9.59 Å². The maximum atomic E-state index is 12.6. The molecule has 0 aliphatic rings. The van der Waals surface area contributed by atoms with Crippen LogP contribution in [0.5, 0.6) is 23.0 Å². The number of carbonyl (C=O) groups excluding carboxylic acids is 2. The molecule has 0 bridgehead atoms. The van der Waals surface area contributed by atoms with Gasteiger partial charge in [0.25, 0.3) is 0 Å². The summed E-state index contributed by atoms with van der Waals surface area (Å²) in [6.07, 6.45) is 19.4. The Bertz CT molecular complexity index is 1980. The van der Waals surface area contributed by atoms with Crippen LogP contribution in [0.15, 0.2) is 48.5 Å². The summed E-state index contributed by atoms with van der Waals surface area (Å²) >= 11 is 0. The van der Waals surface area contributed by atoms with Gasteiger partial charge in [-0.05, 0) is 94.4 Å². The second-order valence-corrected chi connectivity index (χ2v) is 14.8. The molecule has 0 unspecified atom stereocenters. The second-order valence-electron chi connectivity index (χ2n) is 14.8. The minimum Gasteiger partial charge on any atom is -0.493 e. The van der Waals surface area contributed by atoms with Crippen molar-refractivity contribution in [1.29, 1.82) is 0 Å². The van der Waals surface area contributed by atoms with Gasteiger partial charge in [0.2, 0.25) is 0 Å². The first-order valence-corrected chi connectivity index (χ1v) is 21.0. The first kappa shape index (κ1) is 40.9. The Morgan fingerprint density at radius 2 is 0.778 bits per heavy atom. The SMILES string of the molecule is CCCCCCOc1cc2c(OCCCCCC)cc3c(ccc4cc(OCCCCCC)c5cc(OCCCCCC)c(C=O)cc5c43)c2cc1C=O. The Hall–Kier alpha value is -4.32. The van der Waals surface area contributed by atoms with Crippen LogP contribution in [-0.4, -0.2) is 39.0 Å². The van der Waals surface area contributed by atoms with Crippen LogP contribution in [0.2, 0.25) is 0 Å². The quantitative estimate of drug-likeness (QED) is 0.0320. The van der Waals surface area contributed by atoms with Gasteiger partial charge in [0.1, 0.15) is 23.0 Å². The zero-order chi connectivity index (χ0) is 38.1. The van der Waals surface area contributed by atoms with Crippen molar-refractivity contribution in [3.8, 4) is 23.0 Å². The standard InChI is InChI=1S/C48H62O6/c1-5-9-13-17-23-51-44-30-40-39(27-36(44)33-49)38-22-21-35-29-46(53-25-19-15-11-7-3)41-31-45(52-24-18-14-10-6-2)37(34-50)28-42(41)48(35)43(38)32-47(40)54-26-20-16-12-8-4/h21-22,27-34H,5-20,23-26H2,1-4H3. The number of hydrogen-bond donors (Lipinski definition) is 0. The molecule has 0 spiro atoms. The molecule has 0 heterocycles. The fourth-order valence-corrected chi connectivity index (χ4v) is 7.42. The van der Waals surface area contributed by atoms with Gasteiger partial charge >= 0.3 is 0 Å². The minimum absolute atomic E-state index is 0.522. The van der Waals surface area contributed by atoms with Crippen molar-refractivity contribution in [2.24, 2.45) is 0 Å². The number of rotatable bonds is 26. The van der Waals surface area contributed by atoms with Gasteiger partial charge in [0.15, 0.2) is 12.6 Å². The molecular weight excluding hydrogens is 673 g/mol. The first-order valence-electron chi connectivity index (χ1n) is 21.0. The van der Waals surface area contributed by atoms with Gasteiger partial charge in [-0.15, -0.1) is 0 Å². The molecule has 6 nitrogen and oxygen atoms in total. The summed E-state index contributed by atoms with van der Waals surface area (Å²) in [7, 11) is 0. The molecule has 5 aromatic carbocycles. The van der Waals surface area contributed by atoms with E-state index in [0.29, 0.717) is 49.1 Å². The van der Waals surface area contributed by atoms with E-state index in [1.54, 1.807) is 0 Å². The van der Waals surface area contributed by atoms with E-state index >= 15 is 0 Å². The molecule has 0 saturated carbocycles. The topological polar surface area (TPSA) is 71.1 Å². The van der Waals surface area contributed by atoms with E-state index in [-0.39, 0.29) is 0 Å². The number of aldehydes is 2. The van der Waals surface area contributed by atoms with Crippen molar-refractivity contribution >= 4 is 55.7 Å². The lowest BCUT2D eigenvalue weighted by atomic mass is 9.91. The highest BCUT2D eigenvalue weighted by Crippen LogP contribution is 2.45. The largest absolute Gasteiger partial charge is 0.493 e. The molecule has 0 aromatic heterocycles. The normalized spacial score (nSPS) is 11.5. The molecule has 5 aromatic rings. The van der Waals surface area contributed by atoms with Gasteiger partial charge in [-0.25, -0.2) is 0 Å². The predicted molar refractivity (Wildman–Crippen MR) is 226 cm³/mol. The minimum atomic E-state index is 0.522. The number of ether oxygens (including phenoxy) is 4. The highest BCUT2D eigenvalue weighted by Gasteiger charge is 2.19. The molecule has 0 fully saturated rings. The molecule has 0 atom stereocenters. The van der Waals surface area contributed by atoms with E-state index in [1.165, 1.54) is 25.7 Å². The van der Waals surface area contributed by atoms with E-state index in [2.05, 4.69) is 52.0 Å². The molecule has 0 radical (unpaired) electrons.